The number of rotatable bonds is 5. The Hall–Kier alpha value is -1.14. The molecule has 1 aromatic rings. The van der Waals surface area contributed by atoms with Gasteiger partial charge in [-0.3, -0.25) is 0 Å². The maximum Gasteiger partial charge on any atom is 0.322 e. The van der Waals surface area contributed by atoms with Crippen molar-refractivity contribution in [3.05, 3.63) is 5.28 Å². The second-order valence-corrected chi connectivity index (χ2v) is 5.60. The number of anilines is 1. The largest absolute Gasteiger partial charge is 0.461 e. The second-order valence-electron chi connectivity index (χ2n) is 5.26. The molecule has 1 fully saturated rings. The first-order valence-electron chi connectivity index (χ1n) is 6.97. The van der Waals surface area contributed by atoms with Crippen molar-refractivity contribution in [2.75, 3.05) is 18.5 Å². The number of hydrogen-bond acceptors (Lipinski definition) is 6. The number of halogens is 1. The molecule has 1 saturated heterocycles. The van der Waals surface area contributed by atoms with Crippen molar-refractivity contribution >= 4 is 17.5 Å². The molecule has 112 valence electrons. The van der Waals surface area contributed by atoms with Crippen LogP contribution in [0.1, 0.15) is 33.6 Å². The summed E-state index contributed by atoms with van der Waals surface area (Å²) in [6, 6.07) is 0.506. The lowest BCUT2D eigenvalue weighted by Gasteiger charge is -2.28. The van der Waals surface area contributed by atoms with E-state index < -0.39 is 0 Å². The minimum Gasteiger partial charge on any atom is -0.461 e. The standard InChI is InChI=1S/C13H21ClN4O2/c1-8(2)20-13-17-11(14)16-12(18-13)15-9(3)10-4-6-19-7-5-10/h8-10H,4-7H2,1-3H3,(H,15,16,17,18). The maximum absolute atomic E-state index is 5.90. The Balaban J connectivity index is 2.02. The Labute approximate surface area is 124 Å². The summed E-state index contributed by atoms with van der Waals surface area (Å²) in [5.41, 5.74) is 0. The van der Waals surface area contributed by atoms with Gasteiger partial charge < -0.3 is 14.8 Å². The molecule has 0 spiro atoms. The first-order valence-corrected chi connectivity index (χ1v) is 7.35. The predicted octanol–water partition coefficient (Wildman–Crippen LogP) is 2.54. The Bertz CT molecular complexity index is 438. The Morgan fingerprint density at radius 3 is 2.55 bits per heavy atom. The fourth-order valence-corrected chi connectivity index (χ4v) is 2.35. The van der Waals surface area contributed by atoms with Crippen LogP contribution in [0.3, 0.4) is 0 Å². The molecule has 7 heteroatoms. The minimum absolute atomic E-state index is 0.00534. The van der Waals surface area contributed by atoms with Crippen molar-refractivity contribution in [2.24, 2.45) is 5.92 Å². The first-order chi connectivity index (χ1) is 9.54. The Kier molecular flexibility index (Phi) is 5.37. The van der Waals surface area contributed by atoms with Crippen LogP contribution in [0.5, 0.6) is 6.01 Å². The highest BCUT2D eigenvalue weighted by Crippen LogP contribution is 2.21. The van der Waals surface area contributed by atoms with E-state index in [0.29, 0.717) is 11.9 Å². The maximum atomic E-state index is 5.90. The summed E-state index contributed by atoms with van der Waals surface area (Å²) in [4.78, 5) is 12.3. The quantitative estimate of drug-likeness (QED) is 0.901. The van der Waals surface area contributed by atoms with E-state index in [9.17, 15) is 0 Å². The molecule has 1 aliphatic heterocycles. The van der Waals surface area contributed by atoms with Crippen molar-refractivity contribution in [1.82, 2.24) is 15.0 Å². The van der Waals surface area contributed by atoms with Crippen molar-refractivity contribution in [2.45, 2.75) is 45.8 Å². The Morgan fingerprint density at radius 2 is 1.90 bits per heavy atom. The van der Waals surface area contributed by atoms with Gasteiger partial charge >= 0.3 is 6.01 Å². The molecule has 0 bridgehead atoms. The fourth-order valence-electron chi connectivity index (χ4n) is 2.20. The number of nitrogens with one attached hydrogen (secondary N) is 1. The summed E-state index contributed by atoms with van der Waals surface area (Å²) in [5.74, 6) is 1.01. The van der Waals surface area contributed by atoms with Gasteiger partial charge in [-0.05, 0) is 51.1 Å². The van der Waals surface area contributed by atoms with Crippen LogP contribution in [0.15, 0.2) is 0 Å². The van der Waals surface area contributed by atoms with Crippen molar-refractivity contribution in [3.63, 3.8) is 0 Å². The summed E-state index contributed by atoms with van der Waals surface area (Å²) in [6.45, 7) is 7.58. The average molecular weight is 301 g/mol. The van der Waals surface area contributed by atoms with Crippen molar-refractivity contribution in [1.29, 1.82) is 0 Å². The second kappa shape index (κ2) is 7.04. The van der Waals surface area contributed by atoms with E-state index in [1.807, 2.05) is 13.8 Å². The molecule has 2 rings (SSSR count). The van der Waals surface area contributed by atoms with Crippen LogP contribution < -0.4 is 10.1 Å². The van der Waals surface area contributed by atoms with Gasteiger partial charge in [0.15, 0.2) is 0 Å². The van der Waals surface area contributed by atoms with Gasteiger partial charge in [0.2, 0.25) is 11.2 Å². The smallest absolute Gasteiger partial charge is 0.322 e. The minimum atomic E-state index is -0.00534. The fraction of sp³-hybridized carbons (Fsp3) is 0.769. The van der Waals surface area contributed by atoms with Gasteiger partial charge in [-0.2, -0.15) is 15.0 Å². The van der Waals surface area contributed by atoms with Gasteiger partial charge in [0.05, 0.1) is 6.10 Å². The number of aromatic nitrogens is 3. The number of ether oxygens (including phenoxy) is 2. The number of hydrogen-bond donors (Lipinski definition) is 1. The van der Waals surface area contributed by atoms with E-state index in [4.69, 9.17) is 21.1 Å². The summed E-state index contributed by atoms with van der Waals surface area (Å²) in [5, 5.41) is 3.42. The molecule has 1 aromatic heterocycles. The van der Waals surface area contributed by atoms with Crippen LogP contribution in [0.4, 0.5) is 5.95 Å². The summed E-state index contributed by atoms with van der Waals surface area (Å²) < 4.78 is 10.8. The molecule has 1 atom stereocenters. The summed E-state index contributed by atoms with van der Waals surface area (Å²) in [7, 11) is 0. The van der Waals surface area contributed by atoms with Crippen LogP contribution in [0.25, 0.3) is 0 Å². The first kappa shape index (κ1) is 15.3. The van der Waals surface area contributed by atoms with Gasteiger partial charge in [-0.15, -0.1) is 0 Å². The molecule has 0 aliphatic carbocycles. The van der Waals surface area contributed by atoms with Crippen molar-refractivity contribution < 1.29 is 9.47 Å². The molecule has 0 amide bonds. The lowest BCUT2D eigenvalue weighted by Crippen LogP contribution is -2.31. The van der Waals surface area contributed by atoms with Crippen molar-refractivity contribution in [3.8, 4) is 6.01 Å². The zero-order valence-electron chi connectivity index (χ0n) is 12.1. The molecular formula is C13H21ClN4O2. The van der Waals surface area contributed by atoms with Gasteiger partial charge in [0, 0.05) is 19.3 Å². The molecule has 1 N–H and O–H groups in total. The third-order valence-corrected chi connectivity index (χ3v) is 3.43. The van der Waals surface area contributed by atoms with E-state index in [1.165, 1.54) is 0 Å². The highest BCUT2D eigenvalue weighted by atomic mass is 35.5. The third-order valence-electron chi connectivity index (χ3n) is 3.26. The molecule has 0 radical (unpaired) electrons. The Morgan fingerprint density at radius 1 is 1.20 bits per heavy atom. The molecule has 2 heterocycles. The highest BCUT2D eigenvalue weighted by Gasteiger charge is 2.21. The van der Waals surface area contributed by atoms with Gasteiger partial charge in [-0.25, -0.2) is 0 Å². The van der Waals surface area contributed by atoms with E-state index in [-0.39, 0.29) is 23.4 Å². The van der Waals surface area contributed by atoms with Crippen LogP contribution in [0, 0.1) is 5.92 Å². The van der Waals surface area contributed by atoms with E-state index in [2.05, 4.69) is 27.2 Å². The SMILES string of the molecule is CC(C)Oc1nc(Cl)nc(NC(C)C2CCOCC2)n1. The van der Waals surface area contributed by atoms with Gasteiger partial charge in [-0.1, -0.05) is 0 Å². The molecule has 0 aromatic carbocycles. The predicted molar refractivity (Wildman–Crippen MR) is 77.2 cm³/mol. The average Bonchev–Trinajstić information content (AvgIpc) is 2.38. The van der Waals surface area contributed by atoms with E-state index >= 15 is 0 Å². The lowest BCUT2D eigenvalue weighted by molar-refractivity contribution is 0.0621. The normalized spacial score (nSPS) is 18.1. The topological polar surface area (TPSA) is 69.2 Å². The molecule has 1 aliphatic rings. The molecule has 0 saturated carbocycles. The van der Waals surface area contributed by atoms with Crippen LogP contribution in [0.2, 0.25) is 5.28 Å². The van der Waals surface area contributed by atoms with E-state index in [0.717, 1.165) is 26.1 Å². The molecule has 6 nitrogen and oxygen atoms in total. The lowest BCUT2D eigenvalue weighted by atomic mass is 9.93. The summed E-state index contributed by atoms with van der Waals surface area (Å²) >= 11 is 5.90. The van der Waals surface area contributed by atoms with Crippen LogP contribution >= 0.6 is 11.6 Å². The highest BCUT2D eigenvalue weighted by molar-refractivity contribution is 6.28. The van der Waals surface area contributed by atoms with Crippen LogP contribution in [-0.2, 0) is 4.74 Å². The zero-order valence-corrected chi connectivity index (χ0v) is 12.9. The third kappa shape index (κ3) is 4.45. The van der Waals surface area contributed by atoms with Gasteiger partial charge in [0.1, 0.15) is 0 Å². The molecule has 20 heavy (non-hydrogen) atoms. The molecule has 1 unspecified atom stereocenters. The van der Waals surface area contributed by atoms with E-state index in [1.54, 1.807) is 0 Å². The van der Waals surface area contributed by atoms with Gasteiger partial charge in [0.25, 0.3) is 0 Å². The summed E-state index contributed by atoms with van der Waals surface area (Å²) in [6.07, 6.45) is 2.08. The monoisotopic (exact) mass is 300 g/mol. The molecular weight excluding hydrogens is 280 g/mol. The van der Waals surface area contributed by atoms with Crippen LogP contribution in [-0.4, -0.2) is 40.3 Å². The number of nitrogens with zero attached hydrogens (tertiary/aromatic N) is 3. The zero-order chi connectivity index (χ0) is 14.5.